The Morgan fingerprint density at radius 3 is 2.33 bits per heavy atom. The number of hydrogen-bond donors (Lipinski definition) is 2. The number of ether oxygens (including phenoxy) is 1. The number of benzene rings is 3. The van der Waals surface area contributed by atoms with Crippen molar-refractivity contribution in [3.05, 3.63) is 77.4 Å². The summed E-state index contributed by atoms with van der Waals surface area (Å²) in [4.78, 5) is 14.1. The van der Waals surface area contributed by atoms with Crippen molar-refractivity contribution in [2.24, 2.45) is 0 Å². The van der Waals surface area contributed by atoms with E-state index < -0.39 is 5.97 Å². The fraction of sp³-hybridized carbons (Fsp3) is 0.387. The van der Waals surface area contributed by atoms with Gasteiger partial charge in [0.1, 0.15) is 5.75 Å². The molecule has 3 aromatic carbocycles. The Kier molecular flexibility index (Phi) is 8.52. The highest BCUT2D eigenvalue weighted by Crippen LogP contribution is 2.35. The lowest BCUT2D eigenvalue weighted by Gasteiger charge is -2.24. The number of hydrogen-bond acceptors (Lipinski definition) is 4. The number of aryl methyl sites for hydroxylation is 1. The number of nitrogens with zero attached hydrogens (tertiary/aromatic N) is 1. The molecule has 36 heavy (non-hydrogen) atoms. The Bertz CT molecular complexity index is 1170. The molecule has 0 saturated heterocycles. The van der Waals surface area contributed by atoms with E-state index in [1.165, 1.54) is 37.7 Å². The van der Waals surface area contributed by atoms with Crippen molar-refractivity contribution in [2.45, 2.75) is 64.7 Å². The molecule has 0 heterocycles. The Hall–Kier alpha value is -3.47. The third kappa shape index (κ3) is 6.20. The van der Waals surface area contributed by atoms with Gasteiger partial charge in [0.2, 0.25) is 0 Å². The van der Waals surface area contributed by atoms with Gasteiger partial charge in [-0.1, -0.05) is 44.7 Å². The van der Waals surface area contributed by atoms with Crippen LogP contribution < -0.4 is 15.0 Å². The summed E-state index contributed by atoms with van der Waals surface area (Å²) in [6.45, 7) is 4.71. The second kappa shape index (κ2) is 12.0. The summed E-state index contributed by atoms with van der Waals surface area (Å²) < 4.78 is 5.70. The summed E-state index contributed by atoms with van der Waals surface area (Å²) in [7, 11) is 2.08. The molecular formula is C31H38N2O3. The van der Waals surface area contributed by atoms with E-state index in [-0.39, 0.29) is 5.56 Å². The van der Waals surface area contributed by atoms with E-state index in [2.05, 4.69) is 60.6 Å². The summed E-state index contributed by atoms with van der Waals surface area (Å²) >= 11 is 0. The summed E-state index contributed by atoms with van der Waals surface area (Å²) in [6.07, 6.45) is 8.64. The zero-order valence-corrected chi connectivity index (χ0v) is 21.7. The predicted octanol–water partition coefficient (Wildman–Crippen LogP) is 8.43. The molecule has 1 aliphatic rings. The number of rotatable bonds is 10. The lowest BCUT2D eigenvalue weighted by atomic mass is 9.84. The van der Waals surface area contributed by atoms with Crippen LogP contribution in [0, 0.1) is 6.92 Å². The number of aromatic carboxylic acids is 1. The maximum absolute atomic E-state index is 11.9. The molecule has 1 saturated carbocycles. The van der Waals surface area contributed by atoms with Gasteiger partial charge < -0.3 is 20.1 Å². The van der Waals surface area contributed by atoms with E-state index in [1.807, 2.05) is 19.1 Å². The zero-order valence-electron chi connectivity index (χ0n) is 21.7. The Labute approximate surface area is 215 Å². The maximum atomic E-state index is 11.9. The average Bonchev–Trinajstić information content (AvgIpc) is 2.90. The topological polar surface area (TPSA) is 61.8 Å². The van der Waals surface area contributed by atoms with E-state index in [4.69, 9.17) is 4.74 Å². The minimum atomic E-state index is -0.982. The van der Waals surface area contributed by atoms with Gasteiger partial charge in [-0.2, -0.15) is 0 Å². The van der Waals surface area contributed by atoms with Crippen molar-refractivity contribution in [1.29, 1.82) is 0 Å². The van der Waals surface area contributed by atoms with E-state index in [9.17, 15) is 9.90 Å². The van der Waals surface area contributed by atoms with Gasteiger partial charge in [-0.25, -0.2) is 4.79 Å². The quantitative estimate of drug-likeness (QED) is 0.282. The maximum Gasteiger partial charge on any atom is 0.337 e. The number of nitrogens with one attached hydrogen (secondary N) is 1. The minimum Gasteiger partial charge on any atom is -0.494 e. The van der Waals surface area contributed by atoms with Crippen LogP contribution in [-0.4, -0.2) is 24.7 Å². The van der Waals surface area contributed by atoms with Crippen molar-refractivity contribution in [3.63, 3.8) is 0 Å². The van der Waals surface area contributed by atoms with Gasteiger partial charge in [-0.05, 0) is 91.8 Å². The van der Waals surface area contributed by atoms with E-state index in [1.54, 1.807) is 12.1 Å². The van der Waals surface area contributed by atoms with Crippen LogP contribution in [0.15, 0.2) is 60.7 Å². The normalized spacial score (nSPS) is 13.9. The van der Waals surface area contributed by atoms with Gasteiger partial charge in [-0.3, -0.25) is 0 Å². The fourth-order valence-corrected chi connectivity index (χ4v) is 4.93. The molecule has 0 spiro atoms. The number of unbranched alkanes of at least 4 members (excludes halogenated alkanes) is 1. The van der Waals surface area contributed by atoms with Crippen LogP contribution in [0.2, 0.25) is 0 Å². The van der Waals surface area contributed by atoms with Gasteiger partial charge >= 0.3 is 5.97 Å². The highest BCUT2D eigenvalue weighted by Gasteiger charge is 2.16. The van der Waals surface area contributed by atoms with Crippen LogP contribution in [0.5, 0.6) is 5.75 Å². The molecule has 190 valence electrons. The van der Waals surface area contributed by atoms with Crippen LogP contribution in [0.3, 0.4) is 0 Å². The minimum absolute atomic E-state index is 0.197. The van der Waals surface area contributed by atoms with Crippen LogP contribution >= 0.6 is 0 Å². The smallest absolute Gasteiger partial charge is 0.337 e. The molecule has 0 aliphatic heterocycles. The SMILES string of the molecule is CCCCOc1ccc(Nc2ccc(N(C)c3ccc(C4CCCCC4)cc3)cc2C)c(C(=O)O)c1. The van der Waals surface area contributed by atoms with Gasteiger partial charge in [-0.15, -0.1) is 0 Å². The molecule has 0 unspecified atom stereocenters. The van der Waals surface area contributed by atoms with E-state index in [0.29, 0.717) is 24.0 Å². The molecule has 1 fully saturated rings. The molecule has 5 heteroatoms. The summed E-state index contributed by atoms with van der Waals surface area (Å²) in [5, 5.41) is 13.1. The van der Waals surface area contributed by atoms with Gasteiger partial charge in [0.05, 0.1) is 17.9 Å². The van der Waals surface area contributed by atoms with Crippen molar-refractivity contribution in [3.8, 4) is 5.75 Å². The van der Waals surface area contributed by atoms with Crippen molar-refractivity contribution in [2.75, 3.05) is 23.9 Å². The highest BCUT2D eigenvalue weighted by atomic mass is 16.5. The monoisotopic (exact) mass is 486 g/mol. The number of carboxylic acid groups (broad SMARTS) is 1. The molecule has 0 aromatic heterocycles. The molecule has 3 aromatic rings. The molecule has 0 amide bonds. The first-order valence-electron chi connectivity index (χ1n) is 13.2. The van der Waals surface area contributed by atoms with Crippen molar-refractivity contribution < 1.29 is 14.6 Å². The van der Waals surface area contributed by atoms with Crippen molar-refractivity contribution in [1.82, 2.24) is 0 Å². The molecule has 0 atom stereocenters. The van der Waals surface area contributed by atoms with Crippen molar-refractivity contribution >= 4 is 28.7 Å². The van der Waals surface area contributed by atoms with Crippen LogP contribution in [0.4, 0.5) is 22.7 Å². The van der Waals surface area contributed by atoms with Crippen LogP contribution in [0.25, 0.3) is 0 Å². The first kappa shape index (κ1) is 25.6. The highest BCUT2D eigenvalue weighted by molar-refractivity contribution is 5.96. The lowest BCUT2D eigenvalue weighted by molar-refractivity contribution is 0.0697. The number of carbonyl (C=O) groups is 1. The molecule has 0 bridgehead atoms. The summed E-state index contributed by atoms with van der Waals surface area (Å²) in [5.74, 6) is 0.303. The van der Waals surface area contributed by atoms with Gasteiger partial charge in [0, 0.05) is 24.1 Å². The second-order valence-electron chi connectivity index (χ2n) is 9.82. The molecule has 5 nitrogen and oxygen atoms in total. The van der Waals surface area contributed by atoms with Gasteiger partial charge in [0.15, 0.2) is 0 Å². The molecular weight excluding hydrogens is 448 g/mol. The van der Waals surface area contributed by atoms with Crippen LogP contribution in [-0.2, 0) is 0 Å². The molecule has 1 aliphatic carbocycles. The largest absolute Gasteiger partial charge is 0.494 e. The molecule has 4 rings (SSSR count). The van der Waals surface area contributed by atoms with E-state index in [0.717, 1.165) is 35.5 Å². The third-order valence-corrected chi connectivity index (χ3v) is 7.21. The number of carboxylic acids is 1. The van der Waals surface area contributed by atoms with Crippen LogP contribution in [0.1, 0.15) is 79.3 Å². The molecule has 0 radical (unpaired) electrons. The second-order valence-corrected chi connectivity index (χ2v) is 9.82. The standard InChI is InChI=1S/C31H38N2O3/c1-4-5-19-36-27-16-18-30(28(21-27)31(34)35)32-29-17-15-26(20-22(29)2)33(3)25-13-11-24(12-14-25)23-9-7-6-8-10-23/h11-18,20-21,23,32H,4-10,19H2,1-3H3,(H,34,35). The molecule has 2 N–H and O–H groups in total. The third-order valence-electron chi connectivity index (χ3n) is 7.21. The fourth-order valence-electron chi connectivity index (χ4n) is 4.93. The first-order chi connectivity index (χ1) is 17.5. The Morgan fingerprint density at radius 1 is 0.972 bits per heavy atom. The Balaban J connectivity index is 1.47. The lowest BCUT2D eigenvalue weighted by Crippen LogP contribution is -2.11. The van der Waals surface area contributed by atoms with Gasteiger partial charge in [0.25, 0.3) is 0 Å². The average molecular weight is 487 g/mol. The zero-order chi connectivity index (χ0) is 25.5. The first-order valence-corrected chi connectivity index (χ1v) is 13.2. The summed E-state index contributed by atoms with van der Waals surface area (Å²) in [6, 6.07) is 20.4. The summed E-state index contributed by atoms with van der Waals surface area (Å²) in [5.41, 5.74) is 6.36. The predicted molar refractivity (Wildman–Crippen MR) is 149 cm³/mol. The Morgan fingerprint density at radius 2 is 1.67 bits per heavy atom. The number of anilines is 4. The van der Waals surface area contributed by atoms with E-state index >= 15 is 0 Å².